The largest absolute Gasteiger partial charge is 0.438 e. The first-order chi connectivity index (χ1) is 23.4. The lowest BCUT2D eigenvalue weighted by Gasteiger charge is -2.44. The minimum absolute atomic E-state index is 0.0394. The Morgan fingerprint density at radius 2 is 1.69 bits per heavy atom. The Morgan fingerprint density at radius 1 is 1.02 bits per heavy atom. The highest BCUT2D eigenvalue weighted by Gasteiger charge is 2.46. The third kappa shape index (κ3) is 6.93. The summed E-state index contributed by atoms with van der Waals surface area (Å²) in [6.07, 6.45) is -2.50. The van der Waals surface area contributed by atoms with Gasteiger partial charge in [-0.2, -0.15) is 13.2 Å². The second-order valence-electron chi connectivity index (χ2n) is 13.8. The van der Waals surface area contributed by atoms with Crippen molar-refractivity contribution in [3.05, 3.63) is 57.6 Å². The van der Waals surface area contributed by atoms with Crippen LogP contribution in [0.2, 0.25) is 0 Å². The van der Waals surface area contributed by atoms with E-state index in [2.05, 4.69) is 31.5 Å². The van der Waals surface area contributed by atoms with Gasteiger partial charge < -0.3 is 30.3 Å². The Hall–Kier alpha value is -3.56. The van der Waals surface area contributed by atoms with Gasteiger partial charge in [-0.15, -0.1) is 0 Å². The van der Waals surface area contributed by atoms with Crippen LogP contribution in [0.15, 0.2) is 40.9 Å². The predicted octanol–water partition coefficient (Wildman–Crippen LogP) is 5.08. The van der Waals surface area contributed by atoms with E-state index in [1.165, 1.54) is 23.8 Å². The number of ether oxygens (including phenoxy) is 2. The molecule has 2 unspecified atom stereocenters. The molecular formula is C34H40BrF3N6O5. The molecular weight excluding hydrogens is 709 g/mol. The van der Waals surface area contributed by atoms with E-state index in [1.807, 2.05) is 18.2 Å². The fraction of sp³-hybridized carbons (Fsp3) is 0.559. The average molecular weight is 750 g/mol. The number of alkyl halides is 3. The molecule has 5 aliphatic rings. The number of nitrogens with two attached hydrogens (primary N) is 1. The van der Waals surface area contributed by atoms with Crippen molar-refractivity contribution in [3.8, 4) is 0 Å². The van der Waals surface area contributed by atoms with Gasteiger partial charge in [0.05, 0.1) is 16.9 Å². The molecule has 0 aliphatic carbocycles. The maximum atomic E-state index is 14.0. The van der Waals surface area contributed by atoms with Crippen molar-refractivity contribution in [3.63, 3.8) is 0 Å². The van der Waals surface area contributed by atoms with Crippen LogP contribution in [0.25, 0.3) is 0 Å². The van der Waals surface area contributed by atoms with Crippen molar-refractivity contribution in [1.29, 1.82) is 0 Å². The number of amides is 3. The zero-order valence-corrected chi connectivity index (χ0v) is 28.5. The van der Waals surface area contributed by atoms with E-state index >= 15 is 0 Å². The van der Waals surface area contributed by atoms with E-state index in [9.17, 15) is 27.6 Å². The molecule has 3 amide bonds. The maximum absolute atomic E-state index is 14.0. The number of hydrogen-bond acceptors (Lipinski definition) is 8. The fourth-order valence-electron chi connectivity index (χ4n) is 8.23. The van der Waals surface area contributed by atoms with E-state index in [0.29, 0.717) is 62.8 Å². The van der Waals surface area contributed by atoms with Crippen LogP contribution in [0.1, 0.15) is 55.2 Å². The smallest absolute Gasteiger partial charge is 0.418 e. The molecule has 264 valence electrons. The highest BCUT2D eigenvalue weighted by atomic mass is 79.9. The number of carbonyl (C=O) groups excluding carboxylic acids is 3. The number of nitrogen functional groups attached to an aromatic ring is 1. The molecule has 1 spiro atoms. The van der Waals surface area contributed by atoms with Gasteiger partial charge in [0.15, 0.2) is 6.10 Å². The molecule has 0 saturated carbocycles. The zero-order chi connectivity index (χ0) is 34.5. The molecule has 2 aromatic carbocycles. The Morgan fingerprint density at radius 3 is 2.37 bits per heavy atom. The number of carbonyl (C=O) groups is 3. The van der Waals surface area contributed by atoms with Gasteiger partial charge in [0.2, 0.25) is 0 Å². The number of likely N-dealkylation sites (tertiary alicyclic amines) is 1. The first-order valence-corrected chi connectivity index (χ1v) is 17.7. The Kier molecular flexibility index (Phi) is 9.20. The standard InChI is InChI=1S/C34H40BrF3N6O5/c35-26-16-20(15-25(29(26)39)34(36,37)38)17-28(30(45)43-13-11-42(12-14-43)23-18-21-5-6-22(19-23)40-21)48-32(47)44-9-7-33(8-10-44)24-3-1-2-4-27(24)41-31(46)49-33/h1-4,15-16,21-23,28,40H,5-14,17-19,39H2,(H,41,46)/t21?,22?,23?,28-/m1/s1. The van der Waals surface area contributed by atoms with Gasteiger partial charge >= 0.3 is 18.4 Å². The van der Waals surface area contributed by atoms with Crippen molar-refractivity contribution in [2.45, 2.75) is 81.0 Å². The van der Waals surface area contributed by atoms with Crippen LogP contribution in [-0.2, 0) is 32.5 Å². The molecule has 2 bridgehead atoms. The number of anilines is 2. The highest BCUT2D eigenvalue weighted by Crippen LogP contribution is 2.44. The Bertz CT molecular complexity index is 1600. The van der Waals surface area contributed by atoms with E-state index < -0.39 is 47.2 Å². The predicted molar refractivity (Wildman–Crippen MR) is 178 cm³/mol. The molecule has 0 radical (unpaired) electrons. The summed E-state index contributed by atoms with van der Waals surface area (Å²) < 4.78 is 53.2. The number of nitrogens with zero attached hydrogens (tertiary/aromatic N) is 3. The monoisotopic (exact) mass is 748 g/mol. The van der Waals surface area contributed by atoms with Crippen LogP contribution < -0.4 is 16.4 Å². The van der Waals surface area contributed by atoms with Crippen LogP contribution >= 0.6 is 15.9 Å². The lowest BCUT2D eigenvalue weighted by molar-refractivity contribution is -0.143. The lowest BCUT2D eigenvalue weighted by Crippen LogP contribution is -2.57. The molecule has 3 atom stereocenters. The fourth-order valence-corrected chi connectivity index (χ4v) is 8.74. The van der Waals surface area contributed by atoms with Crippen molar-refractivity contribution < 1.29 is 37.0 Å². The number of fused-ring (bicyclic) bond motifs is 4. The Balaban J connectivity index is 1.06. The molecule has 5 heterocycles. The van der Waals surface area contributed by atoms with Gasteiger partial charge in [-0.25, -0.2) is 9.59 Å². The van der Waals surface area contributed by atoms with E-state index in [0.717, 1.165) is 24.5 Å². The second kappa shape index (κ2) is 13.3. The third-order valence-corrected chi connectivity index (χ3v) is 11.5. The molecule has 7 rings (SSSR count). The van der Waals surface area contributed by atoms with Gasteiger partial charge in [0.25, 0.3) is 5.91 Å². The summed E-state index contributed by atoms with van der Waals surface area (Å²) in [6.45, 7) is 2.57. The first-order valence-electron chi connectivity index (χ1n) is 16.9. The normalized spacial score (nSPS) is 25.7. The van der Waals surface area contributed by atoms with E-state index in [4.69, 9.17) is 15.2 Å². The molecule has 4 N–H and O–H groups in total. The average Bonchev–Trinajstić information content (AvgIpc) is 3.42. The third-order valence-electron chi connectivity index (χ3n) is 10.8. The molecule has 4 fully saturated rings. The summed E-state index contributed by atoms with van der Waals surface area (Å²) in [7, 11) is 0. The number of nitrogens with one attached hydrogen (secondary N) is 2. The highest BCUT2D eigenvalue weighted by molar-refractivity contribution is 9.10. The van der Waals surface area contributed by atoms with Crippen LogP contribution in [0.5, 0.6) is 0 Å². The van der Waals surface area contributed by atoms with Gasteiger partial charge in [0, 0.05) is 86.7 Å². The van der Waals surface area contributed by atoms with Crippen molar-refractivity contribution in [1.82, 2.24) is 20.0 Å². The summed E-state index contributed by atoms with van der Waals surface area (Å²) >= 11 is 3.13. The Labute approximate surface area is 290 Å². The summed E-state index contributed by atoms with van der Waals surface area (Å²) in [5, 5.41) is 6.37. The van der Waals surface area contributed by atoms with E-state index in [-0.39, 0.29) is 29.5 Å². The van der Waals surface area contributed by atoms with Crippen molar-refractivity contribution >= 4 is 45.4 Å². The minimum atomic E-state index is -4.72. The number of hydrogen-bond donors (Lipinski definition) is 3. The van der Waals surface area contributed by atoms with Gasteiger partial charge in [-0.1, -0.05) is 18.2 Å². The quantitative estimate of drug-likeness (QED) is 0.362. The van der Waals surface area contributed by atoms with Crippen molar-refractivity contribution in [2.75, 3.05) is 50.3 Å². The molecule has 15 heteroatoms. The van der Waals surface area contributed by atoms with Gasteiger partial charge in [-0.05, 0) is 65.4 Å². The zero-order valence-electron chi connectivity index (χ0n) is 26.9. The molecule has 0 aromatic heterocycles. The number of halogens is 4. The lowest BCUT2D eigenvalue weighted by atomic mass is 9.82. The molecule has 11 nitrogen and oxygen atoms in total. The van der Waals surface area contributed by atoms with Gasteiger partial charge in [0.1, 0.15) is 5.60 Å². The van der Waals surface area contributed by atoms with Crippen molar-refractivity contribution in [2.24, 2.45) is 0 Å². The summed E-state index contributed by atoms with van der Waals surface area (Å²) in [5.41, 5.74) is 4.96. The van der Waals surface area contributed by atoms with Crippen LogP contribution in [0.3, 0.4) is 0 Å². The molecule has 49 heavy (non-hydrogen) atoms. The molecule has 5 aliphatic heterocycles. The summed E-state index contributed by atoms with van der Waals surface area (Å²) in [5.74, 6) is -0.449. The SMILES string of the molecule is Nc1c(Br)cc(C[C@@H](OC(=O)N2CCC3(CC2)OC(=O)Nc2ccccc23)C(=O)N2CCN(C3CC4CCC(C3)N4)CC2)cc1C(F)(F)F. The number of rotatable bonds is 5. The number of benzene rings is 2. The van der Waals surface area contributed by atoms with Crippen LogP contribution in [0.4, 0.5) is 34.1 Å². The van der Waals surface area contributed by atoms with E-state index in [1.54, 1.807) is 11.0 Å². The number of piperazine rings is 1. The molecule has 4 saturated heterocycles. The van der Waals surface area contributed by atoms with Gasteiger partial charge in [-0.3, -0.25) is 15.0 Å². The summed E-state index contributed by atoms with van der Waals surface area (Å²) in [6, 6.07) is 11.2. The summed E-state index contributed by atoms with van der Waals surface area (Å²) in [4.78, 5) is 45.6. The number of piperidine rings is 2. The van der Waals surface area contributed by atoms with Crippen LogP contribution in [0, 0.1) is 0 Å². The maximum Gasteiger partial charge on any atom is 0.418 e. The molecule has 2 aromatic rings. The first kappa shape index (κ1) is 33.9. The minimum Gasteiger partial charge on any atom is -0.438 e. The number of para-hydroxylation sites is 1. The van der Waals surface area contributed by atoms with Crippen LogP contribution in [-0.4, -0.2) is 96.3 Å². The second-order valence-corrected chi connectivity index (χ2v) is 14.6. The topological polar surface area (TPSA) is 129 Å².